The molecule has 0 rings (SSSR count). The molecule has 0 aliphatic rings. The lowest BCUT2D eigenvalue weighted by Gasteiger charge is -2.22. The van der Waals surface area contributed by atoms with Crippen LogP contribution in [0.2, 0.25) is 0 Å². The summed E-state index contributed by atoms with van der Waals surface area (Å²) in [6.07, 6.45) is 2.69. The maximum atomic E-state index is 12.5. The Labute approximate surface area is 215 Å². The van der Waals surface area contributed by atoms with Crippen molar-refractivity contribution in [1.82, 2.24) is 15.5 Å². The topological polar surface area (TPSA) is 193 Å². The predicted molar refractivity (Wildman–Crippen MR) is 136 cm³/mol. The number of nitrogens with one attached hydrogen (secondary N) is 2. The van der Waals surface area contributed by atoms with Crippen molar-refractivity contribution >= 4 is 17.7 Å². The summed E-state index contributed by atoms with van der Waals surface area (Å²) < 4.78 is 21.6. The number of nitrogens with zero attached hydrogens (tertiary/aromatic N) is 1. The number of amides is 3. The van der Waals surface area contributed by atoms with Crippen molar-refractivity contribution in [2.24, 2.45) is 17.2 Å². The van der Waals surface area contributed by atoms with E-state index in [1.165, 1.54) is 0 Å². The fraction of sp³-hybridized carbons (Fsp3) is 0.870. The second kappa shape index (κ2) is 24.8. The van der Waals surface area contributed by atoms with E-state index in [9.17, 15) is 14.4 Å². The first-order chi connectivity index (χ1) is 17.5. The van der Waals surface area contributed by atoms with Gasteiger partial charge in [-0.3, -0.25) is 14.4 Å². The van der Waals surface area contributed by atoms with Gasteiger partial charge in [-0.25, -0.2) is 0 Å². The van der Waals surface area contributed by atoms with Crippen molar-refractivity contribution in [2.75, 3.05) is 92.6 Å². The Kier molecular flexibility index (Phi) is 23.5. The molecule has 0 saturated carbocycles. The monoisotopic (exact) mass is 520 g/mol. The minimum Gasteiger partial charge on any atom is -0.379 e. The van der Waals surface area contributed by atoms with Gasteiger partial charge in [0.25, 0.3) is 0 Å². The Balaban J connectivity index is 3.80. The van der Waals surface area contributed by atoms with Crippen LogP contribution in [-0.2, 0) is 33.3 Å². The number of likely N-dealkylation sites (N-methyl/N-ethyl adjacent to an activating group) is 1. The Morgan fingerprint density at radius 3 is 1.86 bits per heavy atom. The van der Waals surface area contributed by atoms with E-state index in [2.05, 4.69) is 10.6 Å². The number of rotatable bonds is 26. The number of primary amides is 1. The van der Waals surface area contributed by atoms with Crippen molar-refractivity contribution in [3.63, 3.8) is 0 Å². The molecule has 0 radical (unpaired) electrons. The van der Waals surface area contributed by atoms with Crippen molar-refractivity contribution in [2.45, 2.75) is 38.1 Å². The standard InChI is InChI=1S/C23H48N6O7/c1-27-20(23(26)32)4-2-3-9-28-21(30)5-12-33-18-19-34-13-6-22(31)29(10-16-35-14-7-24)11-17-36-15-8-25/h20,27H,2-19,24-25H2,1H3,(H2,26,32)(H,28,30). The van der Waals surface area contributed by atoms with Gasteiger partial charge in [-0.1, -0.05) is 0 Å². The maximum absolute atomic E-state index is 12.5. The molecule has 0 fully saturated rings. The highest BCUT2D eigenvalue weighted by molar-refractivity contribution is 5.79. The van der Waals surface area contributed by atoms with Gasteiger partial charge in [0.05, 0.1) is 65.3 Å². The number of carbonyl (C=O) groups is 3. The molecule has 0 aromatic rings. The minimum absolute atomic E-state index is 0.0450. The van der Waals surface area contributed by atoms with E-state index in [1.807, 2.05) is 0 Å². The normalized spacial score (nSPS) is 11.9. The molecule has 0 aromatic heterocycles. The zero-order valence-electron chi connectivity index (χ0n) is 21.8. The predicted octanol–water partition coefficient (Wildman–Crippen LogP) is -2.06. The van der Waals surface area contributed by atoms with Crippen LogP contribution in [-0.4, -0.2) is 121 Å². The summed E-state index contributed by atoms with van der Waals surface area (Å²) in [5.41, 5.74) is 16.1. The summed E-state index contributed by atoms with van der Waals surface area (Å²) in [5, 5.41) is 5.68. The van der Waals surface area contributed by atoms with E-state index in [0.717, 1.165) is 12.8 Å². The molecule has 0 aliphatic heterocycles. The van der Waals surface area contributed by atoms with Gasteiger partial charge in [0.1, 0.15) is 0 Å². The first-order valence-corrected chi connectivity index (χ1v) is 12.7. The Morgan fingerprint density at radius 1 is 0.778 bits per heavy atom. The summed E-state index contributed by atoms with van der Waals surface area (Å²) in [4.78, 5) is 37.1. The van der Waals surface area contributed by atoms with Gasteiger partial charge >= 0.3 is 0 Å². The SMILES string of the molecule is CNC(CCCCNC(=O)CCOCCOCCC(=O)N(CCOCCN)CCOCCN)C(N)=O. The van der Waals surface area contributed by atoms with Gasteiger partial charge in [-0.05, 0) is 26.3 Å². The molecular weight excluding hydrogens is 472 g/mol. The Bertz CT molecular complexity index is 559. The molecule has 13 nitrogen and oxygen atoms in total. The van der Waals surface area contributed by atoms with Gasteiger partial charge in [-0.15, -0.1) is 0 Å². The Morgan fingerprint density at radius 2 is 1.33 bits per heavy atom. The fourth-order valence-electron chi connectivity index (χ4n) is 3.10. The molecule has 0 bridgehead atoms. The highest BCUT2D eigenvalue weighted by Crippen LogP contribution is 2.00. The van der Waals surface area contributed by atoms with Crippen LogP contribution in [0.5, 0.6) is 0 Å². The van der Waals surface area contributed by atoms with E-state index in [-0.39, 0.29) is 49.8 Å². The fourth-order valence-corrected chi connectivity index (χ4v) is 3.10. The third-order valence-electron chi connectivity index (χ3n) is 5.13. The van der Waals surface area contributed by atoms with E-state index < -0.39 is 0 Å². The van der Waals surface area contributed by atoms with Crippen LogP contribution in [0.15, 0.2) is 0 Å². The summed E-state index contributed by atoms with van der Waals surface area (Å²) >= 11 is 0. The molecule has 0 aliphatic carbocycles. The van der Waals surface area contributed by atoms with Crippen molar-refractivity contribution < 1.29 is 33.3 Å². The third kappa shape index (κ3) is 20.3. The number of hydrogen-bond acceptors (Lipinski definition) is 10. The van der Waals surface area contributed by atoms with Crippen LogP contribution >= 0.6 is 0 Å². The second-order valence-corrected chi connectivity index (χ2v) is 8.00. The molecule has 0 spiro atoms. The lowest BCUT2D eigenvalue weighted by Crippen LogP contribution is -2.39. The average Bonchev–Trinajstić information content (AvgIpc) is 2.86. The van der Waals surface area contributed by atoms with Crippen LogP contribution in [0.1, 0.15) is 32.1 Å². The highest BCUT2D eigenvalue weighted by Gasteiger charge is 2.13. The highest BCUT2D eigenvalue weighted by atomic mass is 16.5. The molecule has 3 amide bonds. The van der Waals surface area contributed by atoms with Crippen molar-refractivity contribution in [3.8, 4) is 0 Å². The number of nitrogens with two attached hydrogens (primary N) is 3. The summed E-state index contributed by atoms with van der Waals surface area (Å²) in [7, 11) is 1.70. The zero-order valence-corrected chi connectivity index (χ0v) is 21.8. The number of carbonyl (C=O) groups excluding carboxylic acids is 3. The smallest absolute Gasteiger partial charge is 0.234 e. The summed E-state index contributed by atoms with van der Waals surface area (Å²) in [6.45, 7) is 5.29. The minimum atomic E-state index is -0.371. The van der Waals surface area contributed by atoms with Crippen LogP contribution in [0.4, 0.5) is 0 Å². The largest absolute Gasteiger partial charge is 0.379 e. The first-order valence-electron chi connectivity index (χ1n) is 12.7. The first kappa shape index (κ1) is 34.1. The van der Waals surface area contributed by atoms with Gasteiger partial charge in [0.15, 0.2) is 0 Å². The molecule has 13 heteroatoms. The maximum Gasteiger partial charge on any atom is 0.234 e. The van der Waals surface area contributed by atoms with Crippen molar-refractivity contribution in [3.05, 3.63) is 0 Å². The summed E-state index contributed by atoms with van der Waals surface area (Å²) in [5.74, 6) is -0.506. The lowest BCUT2D eigenvalue weighted by atomic mass is 10.1. The third-order valence-corrected chi connectivity index (χ3v) is 5.13. The quantitative estimate of drug-likeness (QED) is 0.0792. The summed E-state index contributed by atoms with van der Waals surface area (Å²) in [6, 6.07) is -0.337. The molecule has 212 valence electrons. The van der Waals surface area contributed by atoms with Crippen LogP contribution < -0.4 is 27.8 Å². The van der Waals surface area contributed by atoms with Gasteiger partial charge in [-0.2, -0.15) is 0 Å². The molecule has 36 heavy (non-hydrogen) atoms. The molecular formula is C23H48N6O7. The lowest BCUT2D eigenvalue weighted by molar-refractivity contribution is -0.134. The Hall–Kier alpha value is -1.87. The van der Waals surface area contributed by atoms with Crippen LogP contribution in [0.25, 0.3) is 0 Å². The molecule has 0 saturated heterocycles. The van der Waals surface area contributed by atoms with Crippen LogP contribution in [0, 0.1) is 0 Å². The molecule has 1 unspecified atom stereocenters. The molecule has 8 N–H and O–H groups in total. The number of ether oxygens (including phenoxy) is 4. The second-order valence-electron chi connectivity index (χ2n) is 8.00. The van der Waals surface area contributed by atoms with E-state index in [0.29, 0.717) is 78.8 Å². The van der Waals surface area contributed by atoms with Gasteiger partial charge in [0.2, 0.25) is 17.7 Å². The number of unbranched alkanes of at least 4 members (excludes halogenated alkanes) is 1. The van der Waals surface area contributed by atoms with E-state index >= 15 is 0 Å². The van der Waals surface area contributed by atoms with Gasteiger partial charge in [0, 0.05) is 39.1 Å². The molecule has 0 aromatic carbocycles. The van der Waals surface area contributed by atoms with E-state index in [4.69, 9.17) is 36.1 Å². The van der Waals surface area contributed by atoms with E-state index in [1.54, 1.807) is 11.9 Å². The zero-order chi connectivity index (χ0) is 26.9. The number of hydrogen-bond donors (Lipinski definition) is 5. The average molecular weight is 521 g/mol. The van der Waals surface area contributed by atoms with Gasteiger partial charge < -0.3 is 51.7 Å². The molecule has 0 heterocycles. The molecule has 1 atom stereocenters. The van der Waals surface area contributed by atoms with Crippen LogP contribution in [0.3, 0.4) is 0 Å². The van der Waals surface area contributed by atoms with Crippen molar-refractivity contribution in [1.29, 1.82) is 0 Å².